The van der Waals surface area contributed by atoms with E-state index in [4.69, 9.17) is 27.7 Å². The molecule has 0 saturated heterocycles. The molecule has 0 radical (unpaired) electrons. The Morgan fingerprint density at radius 3 is 2.54 bits per heavy atom. The monoisotopic (exact) mass is 244 g/mol. The molecule has 0 aromatic heterocycles. The summed E-state index contributed by atoms with van der Waals surface area (Å²) in [6.45, 7) is 5.05. The highest BCUT2D eigenvalue weighted by Gasteiger charge is 2.20. The summed E-state index contributed by atoms with van der Waals surface area (Å²) in [7, 11) is -3.66. The number of hydrogen-bond acceptors (Lipinski definition) is 2. The zero-order chi connectivity index (χ0) is 10.5. The van der Waals surface area contributed by atoms with Gasteiger partial charge in [-0.05, 0) is 0 Å². The molecular formula is C7H11Cl2O3P. The van der Waals surface area contributed by atoms with E-state index in [1.54, 1.807) is 6.92 Å². The van der Waals surface area contributed by atoms with E-state index >= 15 is 0 Å². The van der Waals surface area contributed by atoms with Gasteiger partial charge in [0, 0.05) is 6.42 Å². The molecule has 0 spiro atoms. The van der Waals surface area contributed by atoms with Crippen LogP contribution in [-0.4, -0.2) is 11.1 Å². The zero-order valence-corrected chi connectivity index (χ0v) is 9.57. The summed E-state index contributed by atoms with van der Waals surface area (Å²) in [4.78, 5) is 9.18. The van der Waals surface area contributed by atoms with E-state index in [0.717, 1.165) is 0 Å². The first kappa shape index (κ1) is 13.1. The third-order valence-corrected chi connectivity index (χ3v) is 2.79. The van der Waals surface area contributed by atoms with Crippen molar-refractivity contribution in [3.8, 4) is 0 Å². The van der Waals surface area contributed by atoms with Crippen molar-refractivity contribution in [3.05, 3.63) is 22.9 Å². The van der Waals surface area contributed by atoms with Crippen LogP contribution in [0.15, 0.2) is 22.9 Å². The Bertz CT molecular complexity index is 258. The smallest absolute Gasteiger partial charge is 0.380 e. The largest absolute Gasteiger partial charge is 0.426 e. The second-order valence-electron chi connectivity index (χ2n) is 2.24. The second-order valence-corrected chi connectivity index (χ2v) is 5.01. The Hall–Kier alpha value is 0.0500. The summed E-state index contributed by atoms with van der Waals surface area (Å²) < 4.78 is 15.8. The number of rotatable bonds is 5. The van der Waals surface area contributed by atoms with E-state index in [0.29, 0.717) is 6.42 Å². The summed E-state index contributed by atoms with van der Waals surface area (Å²) >= 11 is 10.8. The molecule has 1 N–H and O–H groups in total. The molecule has 0 fully saturated rings. The number of halogens is 2. The fourth-order valence-corrected chi connectivity index (χ4v) is 2.02. The number of allylic oxidation sites excluding steroid dienone is 2. The van der Waals surface area contributed by atoms with Crippen molar-refractivity contribution in [1.29, 1.82) is 0 Å². The molecule has 6 heteroatoms. The highest BCUT2D eigenvalue weighted by atomic mass is 35.5. The van der Waals surface area contributed by atoms with E-state index in [2.05, 4.69) is 6.58 Å². The molecule has 0 aliphatic rings. The molecule has 76 valence electrons. The lowest BCUT2D eigenvalue weighted by Crippen LogP contribution is -1.93. The Morgan fingerprint density at radius 2 is 2.23 bits per heavy atom. The molecule has 1 unspecified atom stereocenters. The van der Waals surface area contributed by atoms with Gasteiger partial charge in [0.15, 0.2) is 0 Å². The number of hydrogen-bond donors (Lipinski definition) is 1. The lowest BCUT2D eigenvalue weighted by atomic mass is 10.4. The Labute approximate surface area is 87.5 Å². The van der Waals surface area contributed by atoms with Crippen molar-refractivity contribution in [2.24, 2.45) is 0 Å². The summed E-state index contributed by atoms with van der Waals surface area (Å²) in [5.74, 6) is 0.121. The van der Waals surface area contributed by atoms with E-state index in [9.17, 15) is 9.46 Å². The van der Waals surface area contributed by atoms with Crippen LogP contribution in [0, 0.1) is 0 Å². The third kappa shape index (κ3) is 5.37. The molecule has 0 aromatic rings. The minimum atomic E-state index is -3.66. The zero-order valence-electron chi connectivity index (χ0n) is 7.17. The summed E-state index contributed by atoms with van der Waals surface area (Å²) in [6, 6.07) is 0. The third-order valence-electron chi connectivity index (χ3n) is 1.14. The fourth-order valence-electron chi connectivity index (χ4n) is 0.605. The van der Waals surface area contributed by atoms with Gasteiger partial charge in [-0.15, -0.1) is 6.58 Å². The lowest BCUT2D eigenvalue weighted by Gasteiger charge is -2.13. The molecule has 13 heavy (non-hydrogen) atoms. The molecule has 1 atom stereocenters. The highest BCUT2D eigenvalue weighted by molar-refractivity contribution is 7.53. The van der Waals surface area contributed by atoms with Crippen LogP contribution in [0.5, 0.6) is 0 Å². The van der Waals surface area contributed by atoms with Crippen molar-refractivity contribution in [3.63, 3.8) is 0 Å². The summed E-state index contributed by atoms with van der Waals surface area (Å²) in [5.41, 5.74) is 0. The van der Waals surface area contributed by atoms with Crippen LogP contribution in [0.2, 0.25) is 0 Å². The lowest BCUT2D eigenvalue weighted by molar-refractivity contribution is 0.319. The van der Waals surface area contributed by atoms with Crippen LogP contribution in [0.3, 0.4) is 0 Å². The summed E-state index contributed by atoms with van der Waals surface area (Å²) in [6.07, 6.45) is 1.54. The van der Waals surface area contributed by atoms with Gasteiger partial charge in [0.1, 0.15) is 10.3 Å². The predicted octanol–water partition coefficient (Wildman–Crippen LogP) is 3.43. The van der Waals surface area contributed by atoms with Crippen LogP contribution >= 0.6 is 30.8 Å². The van der Waals surface area contributed by atoms with Crippen LogP contribution in [0.4, 0.5) is 0 Å². The quantitative estimate of drug-likeness (QED) is 0.458. The van der Waals surface area contributed by atoms with Crippen molar-refractivity contribution in [1.82, 2.24) is 0 Å². The maximum absolute atomic E-state index is 11.2. The van der Waals surface area contributed by atoms with Crippen molar-refractivity contribution in [2.45, 2.75) is 13.3 Å². The highest BCUT2D eigenvalue weighted by Crippen LogP contribution is 2.45. The van der Waals surface area contributed by atoms with E-state index < -0.39 is 7.60 Å². The van der Waals surface area contributed by atoms with Gasteiger partial charge < -0.3 is 9.42 Å². The molecular weight excluding hydrogens is 234 g/mol. The average Bonchev–Trinajstić information content (AvgIpc) is 1.99. The fraction of sp³-hybridized carbons (Fsp3) is 0.429. The Morgan fingerprint density at radius 1 is 1.69 bits per heavy atom. The normalized spacial score (nSPS) is 14.5. The van der Waals surface area contributed by atoms with E-state index in [1.807, 2.05) is 0 Å². The Balaban J connectivity index is 4.50. The van der Waals surface area contributed by atoms with Crippen molar-refractivity contribution < 1.29 is 14.0 Å². The molecule has 0 bridgehead atoms. The van der Waals surface area contributed by atoms with E-state index in [1.165, 1.54) is 6.08 Å². The average molecular weight is 245 g/mol. The van der Waals surface area contributed by atoms with Gasteiger partial charge in [-0.3, -0.25) is 0 Å². The molecule has 0 aromatic carbocycles. The maximum Gasteiger partial charge on any atom is 0.380 e. The van der Waals surface area contributed by atoms with Crippen LogP contribution in [0.1, 0.15) is 13.3 Å². The molecule has 0 aliphatic carbocycles. The van der Waals surface area contributed by atoms with Gasteiger partial charge in [0.2, 0.25) is 0 Å². The van der Waals surface area contributed by atoms with Crippen molar-refractivity contribution in [2.75, 3.05) is 6.16 Å². The van der Waals surface area contributed by atoms with Gasteiger partial charge in [0.05, 0.1) is 6.16 Å². The van der Waals surface area contributed by atoms with Gasteiger partial charge in [-0.1, -0.05) is 36.2 Å². The topological polar surface area (TPSA) is 46.5 Å². The standard InChI is InChI=1S/C7H11Cl2O3P/c1-3-5-13(10,11)12-6(4-2)7(8)9/h3H,1,4-5H2,2H3,(H,10,11). The first-order valence-corrected chi connectivity index (χ1v) is 6.11. The minimum Gasteiger partial charge on any atom is -0.426 e. The SMILES string of the molecule is C=CCP(=O)(O)OC(CC)=C(Cl)Cl. The maximum atomic E-state index is 11.2. The van der Waals surface area contributed by atoms with Crippen molar-refractivity contribution >= 4 is 30.8 Å². The van der Waals surface area contributed by atoms with Crippen LogP contribution < -0.4 is 0 Å². The Kier molecular flexibility index (Phi) is 5.73. The van der Waals surface area contributed by atoms with Gasteiger partial charge in [-0.25, -0.2) is 4.57 Å². The second kappa shape index (κ2) is 5.71. The molecule has 0 heterocycles. The van der Waals surface area contributed by atoms with Crippen LogP contribution in [-0.2, 0) is 9.09 Å². The summed E-state index contributed by atoms with van der Waals surface area (Å²) in [5, 5.41) is 0. The molecule has 0 amide bonds. The molecule has 0 saturated carbocycles. The first-order chi connectivity index (χ1) is 5.93. The van der Waals surface area contributed by atoms with Gasteiger partial charge in [0.25, 0.3) is 0 Å². The van der Waals surface area contributed by atoms with Crippen LogP contribution in [0.25, 0.3) is 0 Å². The van der Waals surface area contributed by atoms with Gasteiger partial charge in [-0.2, -0.15) is 0 Å². The van der Waals surface area contributed by atoms with Gasteiger partial charge >= 0.3 is 7.60 Å². The molecule has 0 rings (SSSR count). The molecule has 3 nitrogen and oxygen atoms in total. The van der Waals surface area contributed by atoms with E-state index in [-0.39, 0.29) is 16.4 Å². The molecule has 0 aliphatic heterocycles. The minimum absolute atomic E-state index is 0.121. The first-order valence-electron chi connectivity index (χ1n) is 3.59. The predicted molar refractivity (Wildman–Crippen MR) is 55.0 cm³/mol.